The number of benzene rings is 3. The molecule has 2 amide bonds. The molecule has 7 nitrogen and oxygen atoms in total. The van der Waals surface area contributed by atoms with Crippen LogP contribution in [0, 0.1) is 5.92 Å². The second-order valence-electron chi connectivity index (χ2n) is 10.1. The summed E-state index contributed by atoms with van der Waals surface area (Å²) >= 11 is 6.09. The van der Waals surface area contributed by atoms with E-state index in [0.717, 1.165) is 16.7 Å². The summed E-state index contributed by atoms with van der Waals surface area (Å²) < 4.78 is 27.0. The highest BCUT2D eigenvalue weighted by Gasteiger charge is 2.30. The maximum atomic E-state index is 13.8. The van der Waals surface area contributed by atoms with Gasteiger partial charge in [-0.05, 0) is 53.3 Å². The first-order valence-corrected chi connectivity index (χ1v) is 15.4. The zero-order valence-electron chi connectivity index (χ0n) is 23.3. The van der Waals surface area contributed by atoms with Gasteiger partial charge in [-0.2, -0.15) is 0 Å². The van der Waals surface area contributed by atoms with Crippen molar-refractivity contribution in [2.75, 3.05) is 13.1 Å². The molecule has 1 unspecified atom stereocenters. The number of rotatable bonds is 14. The number of amides is 2. The quantitative estimate of drug-likeness (QED) is 0.280. The minimum atomic E-state index is -3.55. The van der Waals surface area contributed by atoms with E-state index < -0.39 is 16.1 Å². The van der Waals surface area contributed by atoms with Crippen LogP contribution in [0.3, 0.4) is 0 Å². The summed E-state index contributed by atoms with van der Waals surface area (Å²) in [6, 6.07) is 22.7. The van der Waals surface area contributed by atoms with E-state index in [2.05, 4.69) is 10.0 Å². The Morgan fingerprint density at radius 1 is 0.875 bits per heavy atom. The highest BCUT2D eigenvalue weighted by atomic mass is 35.5. The molecule has 0 bridgehead atoms. The second kappa shape index (κ2) is 15.0. The van der Waals surface area contributed by atoms with E-state index in [9.17, 15) is 18.0 Å². The van der Waals surface area contributed by atoms with Crippen LogP contribution >= 0.6 is 11.6 Å². The van der Waals surface area contributed by atoms with Crippen molar-refractivity contribution in [3.05, 3.63) is 101 Å². The molecule has 0 aliphatic rings. The van der Waals surface area contributed by atoms with E-state index >= 15 is 0 Å². The molecule has 214 valence electrons. The van der Waals surface area contributed by atoms with E-state index in [4.69, 9.17) is 11.6 Å². The molecule has 40 heavy (non-hydrogen) atoms. The highest BCUT2D eigenvalue weighted by molar-refractivity contribution is 7.89. The molecule has 0 saturated heterocycles. The van der Waals surface area contributed by atoms with E-state index in [1.165, 1.54) is 0 Å². The number of carbonyl (C=O) groups excluding carboxylic acids is 2. The Labute approximate surface area is 243 Å². The fourth-order valence-corrected chi connectivity index (χ4v) is 5.43. The van der Waals surface area contributed by atoms with Crippen LogP contribution < -0.4 is 10.0 Å². The molecule has 0 spiro atoms. The molecule has 0 aliphatic carbocycles. The summed E-state index contributed by atoms with van der Waals surface area (Å²) in [5, 5.41) is 3.61. The number of sulfonamides is 1. The van der Waals surface area contributed by atoms with Gasteiger partial charge in [0.25, 0.3) is 0 Å². The van der Waals surface area contributed by atoms with Crippen molar-refractivity contribution >= 4 is 33.4 Å². The molecule has 3 aromatic carbocycles. The summed E-state index contributed by atoms with van der Waals surface area (Å²) in [4.78, 5) is 29.1. The first-order valence-electron chi connectivity index (χ1n) is 13.5. The van der Waals surface area contributed by atoms with Crippen LogP contribution in [-0.4, -0.2) is 44.3 Å². The molecule has 2 N–H and O–H groups in total. The summed E-state index contributed by atoms with van der Waals surface area (Å²) in [5.41, 5.74) is 2.66. The van der Waals surface area contributed by atoms with Gasteiger partial charge in [0, 0.05) is 37.5 Å². The summed E-state index contributed by atoms with van der Waals surface area (Å²) in [6.45, 7) is 6.84. The molecule has 3 rings (SSSR count). The molecule has 1 atom stereocenters. The lowest BCUT2D eigenvalue weighted by Crippen LogP contribution is -2.51. The van der Waals surface area contributed by atoms with Crippen molar-refractivity contribution in [3.8, 4) is 0 Å². The first kappa shape index (κ1) is 31.3. The molecule has 3 aromatic rings. The Balaban J connectivity index is 1.86. The predicted molar refractivity (Wildman–Crippen MR) is 159 cm³/mol. The summed E-state index contributed by atoms with van der Waals surface area (Å²) in [5.74, 6) is -0.0983. The van der Waals surface area contributed by atoms with Gasteiger partial charge >= 0.3 is 0 Å². The number of nitrogens with one attached hydrogen (secondary N) is 2. The molecule has 0 aromatic heterocycles. The van der Waals surface area contributed by atoms with Crippen molar-refractivity contribution in [2.24, 2.45) is 5.92 Å². The average molecular weight is 584 g/mol. The van der Waals surface area contributed by atoms with Crippen molar-refractivity contribution in [3.63, 3.8) is 0 Å². The molecule has 0 fully saturated rings. The number of aryl methyl sites for hydroxylation is 1. The number of halogens is 1. The third-order valence-corrected chi connectivity index (χ3v) is 8.23. The normalized spacial score (nSPS) is 12.2. The zero-order valence-corrected chi connectivity index (χ0v) is 24.8. The van der Waals surface area contributed by atoms with Crippen molar-refractivity contribution in [2.45, 2.75) is 57.5 Å². The average Bonchev–Trinajstić information content (AvgIpc) is 2.94. The van der Waals surface area contributed by atoms with E-state index in [1.807, 2.05) is 56.3 Å². The predicted octanol–water partition coefficient (Wildman–Crippen LogP) is 4.98. The van der Waals surface area contributed by atoms with Gasteiger partial charge in [0.1, 0.15) is 6.04 Å². The van der Waals surface area contributed by atoms with Crippen LogP contribution in [0.25, 0.3) is 0 Å². The lowest BCUT2D eigenvalue weighted by Gasteiger charge is -2.32. The Morgan fingerprint density at radius 2 is 1.50 bits per heavy atom. The van der Waals surface area contributed by atoms with Gasteiger partial charge in [0.05, 0.1) is 4.90 Å². The van der Waals surface area contributed by atoms with Gasteiger partial charge in [-0.3, -0.25) is 9.59 Å². The highest BCUT2D eigenvalue weighted by Crippen LogP contribution is 2.19. The fraction of sp³-hybridized carbons (Fsp3) is 0.355. The van der Waals surface area contributed by atoms with Crippen molar-refractivity contribution in [1.82, 2.24) is 14.9 Å². The van der Waals surface area contributed by atoms with E-state index in [1.54, 1.807) is 48.2 Å². The molecule has 0 aliphatic heterocycles. The van der Waals surface area contributed by atoms with Crippen molar-refractivity contribution in [1.29, 1.82) is 0 Å². The van der Waals surface area contributed by atoms with Crippen LogP contribution in [-0.2, 0) is 39.0 Å². The van der Waals surface area contributed by atoms with Gasteiger partial charge in [-0.15, -0.1) is 0 Å². The SMILES string of the molecule is CCNS(=O)(=O)c1ccc(CCC(=O)N(Cc2ccc(Cl)cc2)C(Cc2ccccc2)C(=O)NCC(C)C)cc1. The number of hydrogen-bond donors (Lipinski definition) is 2. The molecular formula is C31H38ClN3O4S. The standard InChI is InChI=1S/C31H38ClN3O4S/c1-4-34-40(38,39)28-17-12-24(13-18-28)14-19-30(36)35(22-26-10-15-27(32)16-11-26)29(31(37)33-21-23(2)3)20-25-8-6-5-7-9-25/h5-13,15-18,23,29,34H,4,14,19-22H2,1-3H3,(H,33,37). The first-order chi connectivity index (χ1) is 19.1. The number of carbonyl (C=O) groups is 2. The maximum Gasteiger partial charge on any atom is 0.243 e. The monoisotopic (exact) mass is 583 g/mol. The molecular weight excluding hydrogens is 546 g/mol. The van der Waals surface area contributed by atoms with Crippen LogP contribution in [0.15, 0.2) is 83.8 Å². The van der Waals surface area contributed by atoms with Crippen LogP contribution in [0.4, 0.5) is 0 Å². The van der Waals surface area contributed by atoms with Gasteiger partial charge in [0.2, 0.25) is 21.8 Å². The van der Waals surface area contributed by atoms with E-state index in [0.29, 0.717) is 31.0 Å². The summed E-state index contributed by atoms with van der Waals surface area (Å²) in [7, 11) is -3.55. The minimum Gasteiger partial charge on any atom is -0.354 e. The third-order valence-electron chi connectivity index (χ3n) is 6.42. The second-order valence-corrected chi connectivity index (χ2v) is 12.3. The lowest BCUT2D eigenvalue weighted by molar-refractivity contribution is -0.141. The Bertz CT molecular complexity index is 1350. The van der Waals surface area contributed by atoms with Crippen LogP contribution in [0.1, 0.15) is 43.9 Å². The topological polar surface area (TPSA) is 95.6 Å². The van der Waals surface area contributed by atoms with Crippen molar-refractivity contribution < 1.29 is 18.0 Å². The Kier molecular flexibility index (Phi) is 11.7. The van der Waals surface area contributed by atoms with Gasteiger partial charge in [-0.25, -0.2) is 13.1 Å². The van der Waals surface area contributed by atoms with Crippen LogP contribution in [0.2, 0.25) is 5.02 Å². The Morgan fingerprint density at radius 3 is 2.10 bits per heavy atom. The van der Waals surface area contributed by atoms with Gasteiger partial charge in [-0.1, -0.05) is 87.0 Å². The van der Waals surface area contributed by atoms with Gasteiger partial charge in [0.15, 0.2) is 0 Å². The summed E-state index contributed by atoms with van der Waals surface area (Å²) in [6.07, 6.45) is 0.944. The van der Waals surface area contributed by atoms with Gasteiger partial charge < -0.3 is 10.2 Å². The lowest BCUT2D eigenvalue weighted by atomic mass is 10.0. The van der Waals surface area contributed by atoms with E-state index in [-0.39, 0.29) is 35.6 Å². The molecule has 0 saturated carbocycles. The minimum absolute atomic E-state index is 0.162. The molecule has 0 heterocycles. The number of hydrogen-bond acceptors (Lipinski definition) is 4. The molecule has 9 heteroatoms. The molecule has 0 radical (unpaired) electrons. The maximum absolute atomic E-state index is 13.8. The smallest absolute Gasteiger partial charge is 0.243 e. The van der Waals surface area contributed by atoms with Crippen LogP contribution in [0.5, 0.6) is 0 Å². The fourth-order valence-electron chi connectivity index (χ4n) is 4.27. The largest absolute Gasteiger partial charge is 0.354 e. The Hall–Kier alpha value is -3.20. The third kappa shape index (κ3) is 9.47. The number of nitrogens with zero attached hydrogens (tertiary/aromatic N) is 1. The zero-order chi connectivity index (χ0) is 29.1.